The molecule has 19 heavy (non-hydrogen) atoms. The number of imidazole rings is 1. The van der Waals surface area contributed by atoms with Gasteiger partial charge in [-0.25, -0.2) is 9.37 Å². The Kier molecular flexibility index (Phi) is 3.99. The lowest BCUT2D eigenvalue weighted by atomic mass is 10.3. The van der Waals surface area contributed by atoms with Crippen LogP contribution in [0.3, 0.4) is 0 Å². The maximum absolute atomic E-state index is 13.1. The summed E-state index contributed by atoms with van der Waals surface area (Å²) in [5, 5.41) is 0. The van der Waals surface area contributed by atoms with Crippen LogP contribution in [0.25, 0.3) is 11.0 Å². The Morgan fingerprint density at radius 2 is 2.32 bits per heavy atom. The molecule has 1 aromatic carbocycles. The van der Waals surface area contributed by atoms with Gasteiger partial charge >= 0.3 is 5.97 Å². The molecule has 0 aliphatic heterocycles. The number of ether oxygens (including phenoxy) is 1. The Balaban J connectivity index is 2.01. The number of H-pyrrole nitrogens is 1. The smallest absolute Gasteiger partial charge is 0.305 e. The van der Waals surface area contributed by atoms with Crippen molar-refractivity contribution in [1.82, 2.24) is 9.97 Å². The zero-order valence-electron chi connectivity index (χ0n) is 10.9. The first-order chi connectivity index (χ1) is 9.10. The van der Waals surface area contributed by atoms with Crippen LogP contribution in [0.4, 0.5) is 10.3 Å². The summed E-state index contributed by atoms with van der Waals surface area (Å²) in [6.45, 7) is 0.664. The number of methoxy groups -OCH3 is 1. The maximum Gasteiger partial charge on any atom is 0.305 e. The number of fused-ring (bicyclic) bond motifs is 1. The third-order valence-corrected chi connectivity index (χ3v) is 2.90. The van der Waals surface area contributed by atoms with E-state index in [1.165, 1.54) is 19.2 Å². The molecule has 102 valence electrons. The predicted molar refractivity (Wildman–Crippen MR) is 70.6 cm³/mol. The summed E-state index contributed by atoms with van der Waals surface area (Å²) in [5.41, 5.74) is 1.38. The molecule has 0 aliphatic rings. The van der Waals surface area contributed by atoms with Crippen LogP contribution < -0.4 is 4.90 Å². The van der Waals surface area contributed by atoms with Crippen LogP contribution in [0.5, 0.6) is 0 Å². The number of aromatic amines is 1. The second-order valence-corrected chi connectivity index (χ2v) is 4.32. The average molecular weight is 265 g/mol. The Bertz CT molecular complexity index is 582. The van der Waals surface area contributed by atoms with E-state index in [4.69, 9.17) is 0 Å². The summed E-state index contributed by atoms with van der Waals surface area (Å²) in [5.74, 6) is 0.140. The van der Waals surface area contributed by atoms with Crippen molar-refractivity contribution in [3.8, 4) is 0 Å². The SMILES string of the molecule is COC(=O)CCCN(C)c1nc2ccc(F)cc2[nH]1. The normalized spacial score (nSPS) is 10.7. The molecule has 0 unspecified atom stereocenters. The van der Waals surface area contributed by atoms with E-state index in [0.29, 0.717) is 30.9 Å². The molecule has 5 nitrogen and oxygen atoms in total. The largest absolute Gasteiger partial charge is 0.469 e. The molecule has 0 spiro atoms. The molecule has 0 aliphatic carbocycles. The van der Waals surface area contributed by atoms with Gasteiger partial charge in [-0.1, -0.05) is 0 Å². The number of anilines is 1. The minimum atomic E-state index is -0.295. The van der Waals surface area contributed by atoms with Gasteiger partial charge in [-0.2, -0.15) is 0 Å². The number of carbonyl (C=O) groups is 1. The van der Waals surface area contributed by atoms with Crippen molar-refractivity contribution in [1.29, 1.82) is 0 Å². The van der Waals surface area contributed by atoms with E-state index in [0.717, 1.165) is 5.52 Å². The van der Waals surface area contributed by atoms with Gasteiger partial charge in [-0.05, 0) is 24.6 Å². The molecule has 0 saturated heterocycles. The van der Waals surface area contributed by atoms with E-state index < -0.39 is 0 Å². The number of nitrogens with zero attached hydrogens (tertiary/aromatic N) is 2. The number of nitrogens with one attached hydrogen (secondary N) is 1. The van der Waals surface area contributed by atoms with Crippen molar-refractivity contribution in [3.05, 3.63) is 24.0 Å². The van der Waals surface area contributed by atoms with Crippen LogP contribution in [0, 0.1) is 5.82 Å². The van der Waals surface area contributed by atoms with Gasteiger partial charge in [0.2, 0.25) is 5.95 Å². The monoisotopic (exact) mass is 265 g/mol. The number of aromatic nitrogens is 2. The van der Waals surface area contributed by atoms with E-state index >= 15 is 0 Å². The first kappa shape index (κ1) is 13.3. The van der Waals surface area contributed by atoms with Crippen LogP contribution in [-0.4, -0.2) is 36.6 Å². The fourth-order valence-corrected chi connectivity index (χ4v) is 1.82. The lowest BCUT2D eigenvalue weighted by Crippen LogP contribution is -2.20. The van der Waals surface area contributed by atoms with Crippen molar-refractivity contribution in [2.75, 3.05) is 25.6 Å². The summed E-state index contributed by atoms with van der Waals surface area (Å²) in [4.78, 5) is 20.3. The zero-order valence-corrected chi connectivity index (χ0v) is 10.9. The van der Waals surface area contributed by atoms with E-state index in [1.807, 2.05) is 11.9 Å². The van der Waals surface area contributed by atoms with E-state index in [2.05, 4.69) is 14.7 Å². The van der Waals surface area contributed by atoms with E-state index in [9.17, 15) is 9.18 Å². The summed E-state index contributed by atoms with van der Waals surface area (Å²) in [6, 6.07) is 4.42. The Labute approximate surface area is 110 Å². The Hall–Kier alpha value is -2.11. The minimum Gasteiger partial charge on any atom is -0.469 e. The zero-order chi connectivity index (χ0) is 13.8. The molecule has 2 aromatic rings. The lowest BCUT2D eigenvalue weighted by Gasteiger charge is -2.14. The van der Waals surface area contributed by atoms with Gasteiger partial charge in [0.15, 0.2) is 0 Å². The molecule has 6 heteroatoms. The van der Waals surface area contributed by atoms with Crippen molar-refractivity contribution < 1.29 is 13.9 Å². The van der Waals surface area contributed by atoms with Crippen molar-refractivity contribution in [2.24, 2.45) is 0 Å². The Morgan fingerprint density at radius 3 is 3.05 bits per heavy atom. The van der Waals surface area contributed by atoms with Crippen LogP contribution >= 0.6 is 0 Å². The van der Waals surface area contributed by atoms with Crippen LogP contribution in [-0.2, 0) is 9.53 Å². The molecule has 1 N–H and O–H groups in total. The van der Waals surface area contributed by atoms with Crippen LogP contribution in [0.1, 0.15) is 12.8 Å². The number of carbonyl (C=O) groups excluding carboxylic acids is 1. The van der Waals surface area contributed by atoms with Crippen LogP contribution in [0.15, 0.2) is 18.2 Å². The third-order valence-electron chi connectivity index (χ3n) is 2.90. The number of benzene rings is 1. The van der Waals surface area contributed by atoms with Crippen molar-refractivity contribution >= 4 is 23.0 Å². The first-order valence-corrected chi connectivity index (χ1v) is 6.03. The fourth-order valence-electron chi connectivity index (χ4n) is 1.82. The molecule has 0 saturated carbocycles. The predicted octanol–water partition coefficient (Wildman–Crippen LogP) is 2.09. The standard InChI is InChI=1S/C13H16FN3O2/c1-17(7-3-4-12(18)19-2)13-15-10-6-5-9(14)8-11(10)16-13/h5-6,8H,3-4,7H2,1-2H3,(H,15,16). The fraction of sp³-hybridized carbons (Fsp3) is 0.385. The van der Waals surface area contributed by atoms with Gasteiger partial charge in [-0.3, -0.25) is 4.79 Å². The van der Waals surface area contributed by atoms with Gasteiger partial charge in [0.1, 0.15) is 5.82 Å². The van der Waals surface area contributed by atoms with E-state index in [1.54, 1.807) is 6.07 Å². The van der Waals surface area contributed by atoms with Crippen molar-refractivity contribution in [3.63, 3.8) is 0 Å². The molecule has 0 amide bonds. The minimum absolute atomic E-state index is 0.222. The molecule has 1 aromatic heterocycles. The highest BCUT2D eigenvalue weighted by atomic mass is 19.1. The maximum atomic E-state index is 13.1. The second-order valence-electron chi connectivity index (χ2n) is 4.32. The van der Waals surface area contributed by atoms with Gasteiger partial charge in [0.05, 0.1) is 18.1 Å². The molecule has 0 fully saturated rings. The molecule has 0 bridgehead atoms. The van der Waals surface area contributed by atoms with E-state index in [-0.39, 0.29) is 11.8 Å². The molecule has 0 atom stereocenters. The second kappa shape index (κ2) is 5.69. The number of esters is 1. The van der Waals surface area contributed by atoms with Gasteiger partial charge < -0.3 is 14.6 Å². The molecule has 1 heterocycles. The summed E-state index contributed by atoms with van der Waals surface area (Å²) in [7, 11) is 3.24. The quantitative estimate of drug-likeness (QED) is 0.841. The topological polar surface area (TPSA) is 58.2 Å². The third kappa shape index (κ3) is 3.21. The first-order valence-electron chi connectivity index (χ1n) is 6.03. The highest BCUT2D eigenvalue weighted by Crippen LogP contribution is 2.17. The average Bonchev–Trinajstić information content (AvgIpc) is 2.81. The lowest BCUT2D eigenvalue weighted by molar-refractivity contribution is -0.140. The summed E-state index contributed by atoms with van der Waals surface area (Å²) >= 11 is 0. The molecule has 0 radical (unpaired) electrons. The van der Waals surface area contributed by atoms with Gasteiger partial charge in [0, 0.05) is 20.0 Å². The number of hydrogen-bond acceptors (Lipinski definition) is 4. The number of halogens is 1. The Morgan fingerprint density at radius 1 is 1.53 bits per heavy atom. The van der Waals surface area contributed by atoms with Gasteiger partial charge in [0.25, 0.3) is 0 Å². The summed E-state index contributed by atoms with van der Waals surface area (Å²) in [6.07, 6.45) is 1.05. The summed E-state index contributed by atoms with van der Waals surface area (Å²) < 4.78 is 17.6. The van der Waals surface area contributed by atoms with Gasteiger partial charge in [-0.15, -0.1) is 0 Å². The number of rotatable bonds is 5. The molecular weight excluding hydrogens is 249 g/mol. The molecule has 2 rings (SSSR count). The van der Waals surface area contributed by atoms with Crippen molar-refractivity contribution in [2.45, 2.75) is 12.8 Å². The number of hydrogen-bond donors (Lipinski definition) is 1. The highest BCUT2D eigenvalue weighted by molar-refractivity contribution is 5.77. The molecular formula is C13H16FN3O2. The van der Waals surface area contributed by atoms with Crippen LogP contribution in [0.2, 0.25) is 0 Å². The highest BCUT2D eigenvalue weighted by Gasteiger charge is 2.09.